The number of pyridine rings is 1. The van der Waals surface area contributed by atoms with E-state index in [1.54, 1.807) is 12.4 Å². The molecule has 1 saturated carbocycles. The second kappa shape index (κ2) is 9.69. The zero-order valence-corrected chi connectivity index (χ0v) is 16.2. The first-order valence-corrected chi connectivity index (χ1v) is 10.1. The molecule has 148 valence electrons. The molecule has 0 aromatic carbocycles. The van der Waals surface area contributed by atoms with Crippen LogP contribution in [0.1, 0.15) is 50.6 Å². The van der Waals surface area contributed by atoms with Crippen molar-refractivity contribution in [1.29, 1.82) is 0 Å². The molecule has 2 aliphatic rings. The Morgan fingerprint density at radius 2 is 1.93 bits per heavy atom. The summed E-state index contributed by atoms with van der Waals surface area (Å²) in [6, 6.07) is 4.05. The first-order valence-electron chi connectivity index (χ1n) is 10.1. The average molecular weight is 374 g/mol. The second-order valence-electron chi connectivity index (χ2n) is 7.62. The zero-order chi connectivity index (χ0) is 19.1. The van der Waals surface area contributed by atoms with Crippen LogP contribution in [0.5, 0.6) is 0 Å². The highest BCUT2D eigenvalue weighted by atomic mass is 16.2. The molecule has 0 radical (unpaired) electrons. The summed E-state index contributed by atoms with van der Waals surface area (Å²) in [6.07, 6.45) is 9.43. The van der Waals surface area contributed by atoms with Crippen molar-refractivity contribution < 1.29 is 9.59 Å². The predicted octanol–water partition coefficient (Wildman–Crippen LogP) is 1.92. The summed E-state index contributed by atoms with van der Waals surface area (Å²) in [5.74, 6) is 0.116. The fraction of sp³-hybridized carbons (Fsp3) is 0.650. The lowest BCUT2D eigenvalue weighted by Gasteiger charge is -2.35. The molecule has 27 heavy (non-hydrogen) atoms. The summed E-state index contributed by atoms with van der Waals surface area (Å²) < 4.78 is 0. The van der Waals surface area contributed by atoms with Crippen LogP contribution >= 0.6 is 0 Å². The summed E-state index contributed by atoms with van der Waals surface area (Å²) in [4.78, 5) is 32.8. The van der Waals surface area contributed by atoms with Crippen molar-refractivity contribution in [3.63, 3.8) is 0 Å². The van der Waals surface area contributed by atoms with E-state index in [-0.39, 0.29) is 18.0 Å². The van der Waals surface area contributed by atoms with Crippen LogP contribution in [-0.4, -0.2) is 65.5 Å². The number of amides is 3. The van der Waals surface area contributed by atoms with Crippen LogP contribution in [0.3, 0.4) is 0 Å². The lowest BCUT2D eigenvalue weighted by molar-refractivity contribution is -0.123. The minimum atomic E-state index is -0.0782. The Bertz CT molecular complexity index is 610. The predicted molar refractivity (Wildman–Crippen MR) is 104 cm³/mol. The van der Waals surface area contributed by atoms with Crippen molar-refractivity contribution in [2.45, 2.75) is 51.1 Å². The molecule has 0 spiro atoms. The second-order valence-corrected chi connectivity index (χ2v) is 7.62. The SMILES string of the molecule is C[C@H](NC(=O)N1CCN(CC(=O)NC2CCCCC2)CC1)c1cccnc1. The van der Waals surface area contributed by atoms with E-state index in [0.717, 1.165) is 31.5 Å². The van der Waals surface area contributed by atoms with Crippen molar-refractivity contribution in [2.24, 2.45) is 0 Å². The first kappa shape index (κ1) is 19.6. The Morgan fingerprint density at radius 3 is 2.59 bits per heavy atom. The van der Waals surface area contributed by atoms with Gasteiger partial charge in [0.25, 0.3) is 0 Å². The Hall–Kier alpha value is -2.15. The van der Waals surface area contributed by atoms with E-state index in [0.29, 0.717) is 25.7 Å². The molecule has 1 aliphatic heterocycles. The molecule has 3 rings (SSSR count). The molecule has 1 aromatic rings. The summed E-state index contributed by atoms with van der Waals surface area (Å²) in [5.41, 5.74) is 0.990. The van der Waals surface area contributed by atoms with E-state index in [1.807, 2.05) is 24.0 Å². The van der Waals surface area contributed by atoms with Crippen molar-refractivity contribution in [3.8, 4) is 0 Å². The maximum absolute atomic E-state index is 12.5. The number of hydrogen-bond donors (Lipinski definition) is 2. The maximum atomic E-state index is 12.5. The highest BCUT2D eigenvalue weighted by Gasteiger charge is 2.24. The van der Waals surface area contributed by atoms with Gasteiger partial charge >= 0.3 is 6.03 Å². The molecule has 7 nitrogen and oxygen atoms in total. The zero-order valence-electron chi connectivity index (χ0n) is 16.2. The van der Waals surface area contributed by atoms with Gasteiger partial charge in [-0.05, 0) is 31.4 Å². The quantitative estimate of drug-likeness (QED) is 0.827. The highest BCUT2D eigenvalue weighted by molar-refractivity contribution is 5.78. The molecule has 3 amide bonds. The third-order valence-electron chi connectivity index (χ3n) is 5.52. The van der Waals surface area contributed by atoms with Crippen LogP contribution in [0.4, 0.5) is 4.79 Å². The van der Waals surface area contributed by atoms with E-state index in [1.165, 1.54) is 19.3 Å². The van der Waals surface area contributed by atoms with Gasteiger partial charge < -0.3 is 15.5 Å². The molecule has 2 fully saturated rings. The monoisotopic (exact) mass is 373 g/mol. The number of carbonyl (C=O) groups is 2. The number of carbonyl (C=O) groups excluding carboxylic acids is 2. The van der Waals surface area contributed by atoms with E-state index >= 15 is 0 Å². The number of nitrogens with zero attached hydrogens (tertiary/aromatic N) is 3. The standard InChI is InChI=1S/C20H31N5O2/c1-16(17-6-5-9-21-14-17)22-20(27)25-12-10-24(11-13-25)15-19(26)23-18-7-3-2-4-8-18/h5-6,9,14,16,18H,2-4,7-8,10-13,15H2,1H3,(H,22,27)(H,23,26)/t16-/m0/s1. The van der Waals surface area contributed by atoms with Gasteiger partial charge in [-0.2, -0.15) is 0 Å². The largest absolute Gasteiger partial charge is 0.352 e. The Balaban J connectivity index is 1.37. The van der Waals surface area contributed by atoms with Crippen LogP contribution in [0.25, 0.3) is 0 Å². The van der Waals surface area contributed by atoms with Gasteiger partial charge in [-0.1, -0.05) is 25.3 Å². The maximum Gasteiger partial charge on any atom is 0.317 e. The first-order chi connectivity index (χ1) is 13.1. The molecule has 2 heterocycles. The van der Waals surface area contributed by atoms with Crippen molar-refractivity contribution in [2.75, 3.05) is 32.7 Å². The van der Waals surface area contributed by atoms with Crippen LogP contribution in [0.2, 0.25) is 0 Å². The summed E-state index contributed by atoms with van der Waals surface area (Å²) >= 11 is 0. The third-order valence-corrected chi connectivity index (χ3v) is 5.52. The van der Waals surface area contributed by atoms with Gasteiger partial charge in [-0.15, -0.1) is 0 Å². The molecule has 1 saturated heterocycles. The van der Waals surface area contributed by atoms with Crippen LogP contribution in [0, 0.1) is 0 Å². The van der Waals surface area contributed by atoms with Crippen molar-refractivity contribution in [1.82, 2.24) is 25.4 Å². The van der Waals surface area contributed by atoms with Crippen LogP contribution in [-0.2, 0) is 4.79 Å². The number of rotatable bonds is 5. The van der Waals surface area contributed by atoms with E-state index < -0.39 is 0 Å². The van der Waals surface area contributed by atoms with Crippen LogP contribution in [0.15, 0.2) is 24.5 Å². The fourth-order valence-electron chi connectivity index (χ4n) is 3.82. The molecular formula is C20H31N5O2. The lowest BCUT2D eigenvalue weighted by atomic mass is 9.95. The summed E-state index contributed by atoms with van der Waals surface area (Å²) in [5, 5.41) is 6.19. The molecule has 1 aliphatic carbocycles. The van der Waals surface area contributed by atoms with E-state index in [9.17, 15) is 9.59 Å². The molecule has 1 atom stereocenters. The number of nitrogens with one attached hydrogen (secondary N) is 2. The van der Waals surface area contributed by atoms with Gasteiger partial charge in [0.2, 0.25) is 5.91 Å². The minimum absolute atomic E-state index is 0.0577. The minimum Gasteiger partial charge on any atom is -0.352 e. The third kappa shape index (κ3) is 5.92. The highest BCUT2D eigenvalue weighted by Crippen LogP contribution is 2.17. The van der Waals surface area contributed by atoms with Gasteiger partial charge in [0, 0.05) is 44.6 Å². The Morgan fingerprint density at radius 1 is 1.19 bits per heavy atom. The normalized spacial score (nSPS) is 20.1. The molecule has 0 bridgehead atoms. The van der Waals surface area contributed by atoms with Crippen molar-refractivity contribution >= 4 is 11.9 Å². The lowest BCUT2D eigenvalue weighted by Crippen LogP contribution is -2.54. The van der Waals surface area contributed by atoms with Crippen molar-refractivity contribution in [3.05, 3.63) is 30.1 Å². The van der Waals surface area contributed by atoms with Gasteiger partial charge in [0.1, 0.15) is 0 Å². The average Bonchev–Trinajstić information content (AvgIpc) is 2.70. The summed E-state index contributed by atoms with van der Waals surface area (Å²) in [6.45, 7) is 5.13. The van der Waals surface area contributed by atoms with Gasteiger partial charge in [0.05, 0.1) is 12.6 Å². The van der Waals surface area contributed by atoms with E-state index in [2.05, 4.69) is 20.5 Å². The molecule has 7 heteroatoms. The molecule has 0 unspecified atom stereocenters. The Labute approximate surface area is 161 Å². The summed E-state index contributed by atoms with van der Waals surface area (Å²) in [7, 11) is 0. The smallest absolute Gasteiger partial charge is 0.317 e. The number of urea groups is 1. The van der Waals surface area contributed by atoms with Gasteiger partial charge in [0.15, 0.2) is 0 Å². The molecular weight excluding hydrogens is 342 g/mol. The number of hydrogen-bond acceptors (Lipinski definition) is 4. The fourth-order valence-corrected chi connectivity index (χ4v) is 3.82. The molecule has 1 aromatic heterocycles. The van der Waals surface area contributed by atoms with Gasteiger partial charge in [-0.25, -0.2) is 4.79 Å². The number of piperazine rings is 1. The Kier molecular flexibility index (Phi) is 7.04. The molecule has 2 N–H and O–H groups in total. The van der Waals surface area contributed by atoms with Crippen LogP contribution < -0.4 is 10.6 Å². The van der Waals surface area contributed by atoms with E-state index in [4.69, 9.17) is 0 Å². The number of aromatic nitrogens is 1. The topological polar surface area (TPSA) is 77.6 Å². The van der Waals surface area contributed by atoms with Gasteiger partial charge in [-0.3, -0.25) is 14.7 Å².